The summed E-state index contributed by atoms with van der Waals surface area (Å²) in [5.74, 6) is 0.543. The predicted molar refractivity (Wildman–Crippen MR) is 124 cm³/mol. The average Bonchev–Trinajstić information content (AvgIpc) is 3.21. The topological polar surface area (TPSA) is 95.7 Å². The lowest BCUT2D eigenvalue weighted by molar-refractivity contribution is 0.0714. The monoisotopic (exact) mass is 440 g/mol. The van der Waals surface area contributed by atoms with Gasteiger partial charge in [-0.2, -0.15) is 0 Å². The summed E-state index contributed by atoms with van der Waals surface area (Å²) in [4.78, 5) is 30.2. The van der Waals surface area contributed by atoms with Crippen molar-refractivity contribution in [2.75, 3.05) is 6.54 Å². The smallest absolute Gasteiger partial charge is 0.271 e. The van der Waals surface area contributed by atoms with E-state index in [0.717, 1.165) is 25.7 Å². The van der Waals surface area contributed by atoms with E-state index in [0.29, 0.717) is 41.6 Å². The molecule has 2 saturated carbocycles. The Bertz CT molecular complexity index is 983. The zero-order chi connectivity index (χ0) is 22.9. The van der Waals surface area contributed by atoms with Gasteiger partial charge in [0.15, 0.2) is 0 Å². The highest BCUT2D eigenvalue weighted by molar-refractivity contribution is 5.95. The second-order valence-electron chi connectivity index (χ2n) is 10.3. The normalized spacial score (nSPS) is 27.8. The highest BCUT2D eigenvalue weighted by Crippen LogP contribution is 2.43. The van der Waals surface area contributed by atoms with Crippen LogP contribution >= 0.6 is 0 Å². The van der Waals surface area contributed by atoms with Crippen molar-refractivity contribution in [1.29, 1.82) is 0 Å². The molecular weight excluding hydrogens is 404 g/mol. The van der Waals surface area contributed by atoms with Gasteiger partial charge < -0.3 is 15.7 Å². The summed E-state index contributed by atoms with van der Waals surface area (Å²) in [5.41, 5.74) is 1.57. The van der Waals surface area contributed by atoms with Gasteiger partial charge in [0.2, 0.25) is 0 Å². The summed E-state index contributed by atoms with van der Waals surface area (Å²) in [6, 6.07) is 5.08. The fraction of sp³-hybridized carbons (Fsp3) is 0.640. The molecule has 4 unspecified atom stereocenters. The van der Waals surface area contributed by atoms with E-state index in [1.165, 1.54) is 12.8 Å². The van der Waals surface area contributed by atoms with Crippen LogP contribution in [-0.4, -0.2) is 45.0 Å². The minimum atomic E-state index is -0.516. The summed E-state index contributed by atoms with van der Waals surface area (Å²) in [5, 5.41) is 16.2. The van der Waals surface area contributed by atoms with E-state index in [-0.39, 0.29) is 23.6 Å². The molecule has 2 aliphatic carbocycles. The van der Waals surface area contributed by atoms with Crippen LogP contribution in [-0.2, 0) is 0 Å². The Morgan fingerprint density at radius 2 is 1.94 bits per heavy atom. The van der Waals surface area contributed by atoms with Gasteiger partial charge in [-0.05, 0) is 55.1 Å². The van der Waals surface area contributed by atoms with Crippen molar-refractivity contribution >= 4 is 17.5 Å². The minimum Gasteiger partial charge on any atom is -0.391 e. The van der Waals surface area contributed by atoms with Gasteiger partial charge in [0.25, 0.3) is 11.8 Å². The molecule has 174 valence electrons. The predicted octanol–water partition coefficient (Wildman–Crippen LogP) is 3.56. The van der Waals surface area contributed by atoms with Gasteiger partial charge >= 0.3 is 0 Å². The highest BCUT2D eigenvalue weighted by Gasteiger charge is 2.35. The lowest BCUT2D eigenvalue weighted by Gasteiger charge is -2.42. The maximum atomic E-state index is 13.0. The third kappa shape index (κ3) is 4.68. The minimum absolute atomic E-state index is 0.154. The van der Waals surface area contributed by atoms with Crippen LogP contribution in [0.15, 0.2) is 24.4 Å². The number of amides is 2. The molecule has 2 fully saturated rings. The van der Waals surface area contributed by atoms with Crippen molar-refractivity contribution in [3.05, 3.63) is 35.8 Å². The van der Waals surface area contributed by atoms with Gasteiger partial charge in [-0.15, -0.1) is 0 Å². The average molecular weight is 441 g/mol. The zero-order valence-corrected chi connectivity index (χ0v) is 19.4. The maximum absolute atomic E-state index is 13.0. The highest BCUT2D eigenvalue weighted by atomic mass is 16.3. The summed E-state index contributed by atoms with van der Waals surface area (Å²) in [6.07, 6.45) is 8.11. The van der Waals surface area contributed by atoms with Crippen LogP contribution in [0.5, 0.6) is 0 Å². The van der Waals surface area contributed by atoms with E-state index in [9.17, 15) is 14.7 Å². The van der Waals surface area contributed by atoms with Crippen molar-refractivity contribution < 1.29 is 14.7 Å². The third-order valence-electron chi connectivity index (χ3n) is 7.86. The number of aliphatic hydroxyl groups is 1. The molecular formula is C25H36N4O3. The fourth-order valence-corrected chi connectivity index (χ4v) is 5.36. The Labute approximate surface area is 190 Å². The van der Waals surface area contributed by atoms with E-state index in [4.69, 9.17) is 0 Å². The maximum Gasteiger partial charge on any atom is 0.271 e. The molecule has 0 spiro atoms. The van der Waals surface area contributed by atoms with E-state index in [2.05, 4.69) is 36.4 Å². The lowest BCUT2D eigenvalue weighted by Crippen LogP contribution is -2.45. The molecule has 0 saturated heterocycles. The summed E-state index contributed by atoms with van der Waals surface area (Å²) < 4.78 is 1.68. The molecule has 2 aromatic heterocycles. The Morgan fingerprint density at radius 1 is 1.16 bits per heavy atom. The van der Waals surface area contributed by atoms with Crippen LogP contribution in [0, 0.1) is 17.3 Å². The van der Waals surface area contributed by atoms with Crippen molar-refractivity contribution in [2.45, 2.75) is 77.9 Å². The van der Waals surface area contributed by atoms with Gasteiger partial charge in [0.1, 0.15) is 17.0 Å². The van der Waals surface area contributed by atoms with Crippen molar-refractivity contribution in [3.63, 3.8) is 0 Å². The number of pyridine rings is 1. The van der Waals surface area contributed by atoms with Gasteiger partial charge in [-0.3, -0.25) is 14.0 Å². The molecule has 0 bridgehead atoms. The van der Waals surface area contributed by atoms with Crippen LogP contribution in [0.2, 0.25) is 0 Å². The SMILES string of the molecule is CC1C(CNC(=O)c2cccc3nc(C(=O)NC4CCCCC4O)cn23)CCCC1(C)C. The second kappa shape index (κ2) is 9.22. The Morgan fingerprint density at radius 3 is 2.72 bits per heavy atom. The number of carbonyl (C=O) groups is 2. The molecule has 4 atom stereocenters. The summed E-state index contributed by atoms with van der Waals surface area (Å²) in [6.45, 7) is 7.58. The number of aromatic nitrogens is 2. The van der Waals surface area contributed by atoms with Crippen molar-refractivity contribution in [3.8, 4) is 0 Å². The molecule has 0 aromatic carbocycles. The summed E-state index contributed by atoms with van der Waals surface area (Å²) in [7, 11) is 0. The molecule has 4 rings (SSSR count). The third-order valence-corrected chi connectivity index (χ3v) is 7.86. The number of nitrogens with one attached hydrogen (secondary N) is 2. The Balaban J connectivity index is 1.45. The largest absolute Gasteiger partial charge is 0.391 e. The molecule has 2 aliphatic rings. The van der Waals surface area contributed by atoms with Gasteiger partial charge in [0, 0.05) is 12.7 Å². The first-order valence-corrected chi connectivity index (χ1v) is 12.0. The van der Waals surface area contributed by atoms with Crippen LogP contribution in [0.25, 0.3) is 5.65 Å². The molecule has 7 nitrogen and oxygen atoms in total. The van der Waals surface area contributed by atoms with Gasteiger partial charge in [0.05, 0.1) is 12.1 Å². The number of hydrogen-bond donors (Lipinski definition) is 3. The number of aliphatic hydroxyl groups excluding tert-OH is 1. The number of imidazole rings is 1. The summed E-state index contributed by atoms with van der Waals surface area (Å²) >= 11 is 0. The molecule has 2 aromatic rings. The molecule has 7 heteroatoms. The molecule has 2 amide bonds. The Hall–Kier alpha value is -2.41. The first-order chi connectivity index (χ1) is 15.3. The lowest BCUT2D eigenvalue weighted by atomic mass is 9.64. The second-order valence-corrected chi connectivity index (χ2v) is 10.3. The van der Waals surface area contributed by atoms with Crippen molar-refractivity contribution in [1.82, 2.24) is 20.0 Å². The van der Waals surface area contributed by atoms with Crippen molar-refractivity contribution in [2.24, 2.45) is 17.3 Å². The molecule has 3 N–H and O–H groups in total. The first-order valence-electron chi connectivity index (χ1n) is 12.0. The fourth-order valence-electron chi connectivity index (χ4n) is 5.36. The van der Waals surface area contributed by atoms with Crippen LogP contribution in [0.3, 0.4) is 0 Å². The molecule has 0 aliphatic heterocycles. The number of hydrogen-bond acceptors (Lipinski definition) is 4. The van der Waals surface area contributed by atoms with E-state index >= 15 is 0 Å². The molecule has 32 heavy (non-hydrogen) atoms. The molecule has 2 heterocycles. The first kappa shape index (κ1) is 22.8. The van der Waals surface area contributed by atoms with Crippen LogP contribution in [0.4, 0.5) is 0 Å². The quantitative estimate of drug-likeness (QED) is 0.662. The zero-order valence-electron chi connectivity index (χ0n) is 19.4. The van der Waals surface area contributed by atoms with Gasteiger partial charge in [-0.25, -0.2) is 4.98 Å². The number of nitrogens with zero attached hydrogens (tertiary/aromatic N) is 2. The molecule has 0 radical (unpaired) electrons. The standard InChI is InChI=1S/C25H36N4O3/c1-16-17(8-7-13-25(16,2)3)14-26-24(32)20-10-6-12-22-27-19(15-29(20)22)23(31)28-18-9-4-5-11-21(18)30/h6,10,12,15-18,21,30H,4-5,7-9,11,13-14H2,1-3H3,(H,26,32)(H,28,31). The van der Waals surface area contributed by atoms with Crippen LogP contribution in [0.1, 0.15) is 86.7 Å². The number of rotatable bonds is 5. The number of fused-ring (bicyclic) bond motifs is 1. The van der Waals surface area contributed by atoms with E-state index < -0.39 is 6.10 Å². The Kier molecular flexibility index (Phi) is 6.56. The van der Waals surface area contributed by atoms with Crippen LogP contribution < -0.4 is 10.6 Å². The van der Waals surface area contributed by atoms with E-state index in [1.807, 2.05) is 0 Å². The number of carbonyl (C=O) groups excluding carboxylic acids is 2. The van der Waals surface area contributed by atoms with Gasteiger partial charge in [-0.1, -0.05) is 46.1 Å². The van der Waals surface area contributed by atoms with E-state index in [1.54, 1.807) is 28.8 Å².